The van der Waals surface area contributed by atoms with Crippen LogP contribution in [0.4, 0.5) is 0 Å². The van der Waals surface area contributed by atoms with Crippen molar-refractivity contribution >= 4 is 12.3 Å². The number of carboxylic acids is 1. The molecule has 0 bridgehead atoms. The van der Waals surface area contributed by atoms with Crippen molar-refractivity contribution in [2.45, 2.75) is 12.8 Å². The lowest BCUT2D eigenvalue weighted by atomic mass is 9.96. The van der Waals surface area contributed by atoms with Gasteiger partial charge in [0.05, 0.1) is 13.0 Å². The first-order valence-corrected chi connectivity index (χ1v) is 4.46. The Balaban J connectivity index is 3.22. The Hall–Kier alpha value is -1.84. The molecule has 1 aromatic carbocycles. The topological polar surface area (TPSA) is 63.6 Å². The summed E-state index contributed by atoms with van der Waals surface area (Å²) in [6, 6.07) is 4.75. The molecule has 0 spiro atoms. The zero-order chi connectivity index (χ0) is 11.4. The zero-order valence-electron chi connectivity index (χ0n) is 8.56. The second-order valence-electron chi connectivity index (χ2n) is 3.17. The van der Waals surface area contributed by atoms with Gasteiger partial charge in [0.25, 0.3) is 0 Å². The van der Waals surface area contributed by atoms with E-state index in [1.807, 2.05) is 0 Å². The minimum Gasteiger partial charge on any atom is -0.497 e. The third kappa shape index (κ3) is 2.34. The second kappa shape index (κ2) is 4.59. The number of carboxylic acid groups (broad SMARTS) is 1. The predicted molar refractivity (Wildman–Crippen MR) is 54.4 cm³/mol. The number of ether oxygens (including phenoxy) is 1. The third-order valence-corrected chi connectivity index (χ3v) is 2.26. The number of hydrogen-bond donors (Lipinski definition) is 1. The van der Waals surface area contributed by atoms with E-state index in [9.17, 15) is 9.59 Å². The van der Waals surface area contributed by atoms with Crippen molar-refractivity contribution in [2.75, 3.05) is 7.11 Å². The number of aliphatic carboxylic acids is 1. The van der Waals surface area contributed by atoms with Gasteiger partial charge >= 0.3 is 5.97 Å². The SMILES string of the molecule is COc1ccc(C=O)c(C(C)C(=O)O)c1. The molecule has 4 nitrogen and oxygen atoms in total. The molecule has 0 aliphatic carbocycles. The van der Waals surface area contributed by atoms with E-state index in [1.165, 1.54) is 14.0 Å². The molecule has 0 radical (unpaired) electrons. The summed E-state index contributed by atoms with van der Waals surface area (Å²) in [7, 11) is 1.49. The number of hydrogen-bond acceptors (Lipinski definition) is 3. The molecule has 1 N–H and O–H groups in total. The van der Waals surface area contributed by atoms with Crippen LogP contribution in [-0.2, 0) is 4.79 Å². The Labute approximate surface area is 87.5 Å². The van der Waals surface area contributed by atoms with Crippen molar-refractivity contribution in [1.82, 2.24) is 0 Å². The van der Waals surface area contributed by atoms with Crippen molar-refractivity contribution in [2.24, 2.45) is 0 Å². The summed E-state index contributed by atoms with van der Waals surface area (Å²) in [5, 5.41) is 8.86. The van der Waals surface area contributed by atoms with E-state index in [2.05, 4.69) is 0 Å². The average Bonchev–Trinajstić information content (AvgIpc) is 2.27. The summed E-state index contributed by atoms with van der Waals surface area (Å²) in [4.78, 5) is 21.5. The maximum absolute atomic E-state index is 10.8. The monoisotopic (exact) mass is 208 g/mol. The fourth-order valence-electron chi connectivity index (χ4n) is 1.30. The lowest BCUT2D eigenvalue weighted by molar-refractivity contribution is -0.138. The molecule has 0 amide bonds. The van der Waals surface area contributed by atoms with E-state index in [0.29, 0.717) is 23.2 Å². The van der Waals surface area contributed by atoms with Gasteiger partial charge in [-0.25, -0.2) is 0 Å². The van der Waals surface area contributed by atoms with Crippen LogP contribution < -0.4 is 4.74 Å². The van der Waals surface area contributed by atoms with Gasteiger partial charge in [0.15, 0.2) is 0 Å². The lowest BCUT2D eigenvalue weighted by Crippen LogP contribution is -2.10. The molecule has 0 fully saturated rings. The van der Waals surface area contributed by atoms with Crippen molar-refractivity contribution < 1.29 is 19.4 Å². The molecule has 4 heteroatoms. The molecule has 1 rings (SSSR count). The van der Waals surface area contributed by atoms with Gasteiger partial charge in [-0.1, -0.05) is 0 Å². The molecule has 0 aliphatic heterocycles. The van der Waals surface area contributed by atoms with Crippen LogP contribution in [0, 0.1) is 0 Å². The van der Waals surface area contributed by atoms with Gasteiger partial charge in [-0.15, -0.1) is 0 Å². The van der Waals surface area contributed by atoms with E-state index in [0.717, 1.165) is 0 Å². The Morgan fingerprint density at radius 1 is 1.53 bits per heavy atom. The number of rotatable bonds is 4. The van der Waals surface area contributed by atoms with E-state index in [1.54, 1.807) is 18.2 Å². The first-order valence-electron chi connectivity index (χ1n) is 4.46. The van der Waals surface area contributed by atoms with Crippen molar-refractivity contribution in [3.63, 3.8) is 0 Å². The highest BCUT2D eigenvalue weighted by Gasteiger charge is 2.17. The molecular weight excluding hydrogens is 196 g/mol. The maximum Gasteiger partial charge on any atom is 0.310 e. The van der Waals surface area contributed by atoms with Gasteiger partial charge in [-0.2, -0.15) is 0 Å². The van der Waals surface area contributed by atoms with Gasteiger partial charge in [-0.05, 0) is 30.7 Å². The largest absolute Gasteiger partial charge is 0.497 e. The van der Waals surface area contributed by atoms with Gasteiger partial charge in [-0.3, -0.25) is 9.59 Å². The first kappa shape index (κ1) is 11.2. The van der Waals surface area contributed by atoms with Crippen LogP contribution in [0.5, 0.6) is 5.75 Å². The van der Waals surface area contributed by atoms with Crippen molar-refractivity contribution in [3.05, 3.63) is 29.3 Å². The fraction of sp³-hybridized carbons (Fsp3) is 0.273. The van der Waals surface area contributed by atoms with Crippen LogP contribution in [0.15, 0.2) is 18.2 Å². The van der Waals surface area contributed by atoms with Gasteiger partial charge in [0, 0.05) is 5.56 Å². The molecule has 1 aromatic rings. The van der Waals surface area contributed by atoms with Crippen LogP contribution in [0.3, 0.4) is 0 Å². The van der Waals surface area contributed by atoms with Gasteiger partial charge in [0.1, 0.15) is 12.0 Å². The third-order valence-electron chi connectivity index (χ3n) is 2.26. The molecule has 1 unspecified atom stereocenters. The van der Waals surface area contributed by atoms with Gasteiger partial charge in [0.2, 0.25) is 0 Å². The summed E-state index contributed by atoms with van der Waals surface area (Å²) < 4.78 is 4.98. The Kier molecular flexibility index (Phi) is 3.44. The molecule has 0 saturated carbocycles. The number of benzene rings is 1. The van der Waals surface area contributed by atoms with Crippen molar-refractivity contribution in [3.8, 4) is 5.75 Å². The molecule has 0 saturated heterocycles. The molecule has 1 atom stereocenters. The number of carbonyl (C=O) groups is 2. The minimum atomic E-state index is -0.966. The predicted octanol–water partition coefficient (Wildman–Crippen LogP) is 1.70. The van der Waals surface area contributed by atoms with E-state index in [4.69, 9.17) is 9.84 Å². The summed E-state index contributed by atoms with van der Waals surface area (Å²) in [6.07, 6.45) is 0.647. The van der Waals surface area contributed by atoms with Crippen LogP contribution in [-0.4, -0.2) is 24.5 Å². The molecule has 0 heterocycles. The maximum atomic E-state index is 10.8. The lowest BCUT2D eigenvalue weighted by Gasteiger charge is -2.10. The highest BCUT2D eigenvalue weighted by atomic mass is 16.5. The summed E-state index contributed by atoms with van der Waals surface area (Å²) in [6.45, 7) is 1.53. The quantitative estimate of drug-likeness (QED) is 0.765. The highest BCUT2D eigenvalue weighted by Crippen LogP contribution is 2.24. The molecular formula is C11H12O4. The number of methoxy groups -OCH3 is 1. The average molecular weight is 208 g/mol. The first-order chi connectivity index (χ1) is 7.10. The van der Waals surface area contributed by atoms with Crippen LogP contribution in [0.25, 0.3) is 0 Å². The van der Waals surface area contributed by atoms with Crippen molar-refractivity contribution in [1.29, 1.82) is 0 Å². The number of carbonyl (C=O) groups excluding carboxylic acids is 1. The van der Waals surface area contributed by atoms with E-state index < -0.39 is 11.9 Å². The smallest absolute Gasteiger partial charge is 0.310 e. The molecule has 0 aromatic heterocycles. The van der Waals surface area contributed by atoms with Crippen LogP contribution >= 0.6 is 0 Å². The van der Waals surface area contributed by atoms with E-state index >= 15 is 0 Å². The summed E-state index contributed by atoms with van der Waals surface area (Å²) in [5.41, 5.74) is 0.850. The van der Waals surface area contributed by atoms with Gasteiger partial charge < -0.3 is 9.84 Å². The molecule has 80 valence electrons. The summed E-state index contributed by atoms with van der Waals surface area (Å²) in [5.74, 6) is -1.14. The minimum absolute atomic E-state index is 0.380. The van der Waals surface area contributed by atoms with Crippen LogP contribution in [0.2, 0.25) is 0 Å². The van der Waals surface area contributed by atoms with Crippen LogP contribution in [0.1, 0.15) is 28.8 Å². The molecule has 15 heavy (non-hydrogen) atoms. The Morgan fingerprint density at radius 2 is 2.20 bits per heavy atom. The Morgan fingerprint density at radius 3 is 2.67 bits per heavy atom. The normalized spacial score (nSPS) is 11.9. The Bertz CT molecular complexity index is 384. The second-order valence-corrected chi connectivity index (χ2v) is 3.17. The highest BCUT2D eigenvalue weighted by molar-refractivity contribution is 5.84. The zero-order valence-corrected chi connectivity index (χ0v) is 8.56. The fourth-order valence-corrected chi connectivity index (χ4v) is 1.30. The standard InChI is InChI=1S/C11H12O4/c1-7(11(13)14)10-5-9(15-2)4-3-8(10)6-12/h3-7H,1-2H3,(H,13,14). The van der Waals surface area contributed by atoms with E-state index in [-0.39, 0.29) is 0 Å². The number of aldehydes is 1. The summed E-state index contributed by atoms with van der Waals surface area (Å²) >= 11 is 0. The molecule has 0 aliphatic rings.